The monoisotopic (exact) mass is 540 g/mol. The number of aryl methyl sites for hydroxylation is 1. The lowest BCUT2D eigenvalue weighted by Crippen LogP contribution is -2.38. The van der Waals surface area contributed by atoms with E-state index in [1.165, 1.54) is 17.6 Å². The molecule has 1 aliphatic heterocycles. The van der Waals surface area contributed by atoms with Gasteiger partial charge in [-0.2, -0.15) is 0 Å². The third-order valence-electron chi connectivity index (χ3n) is 6.36. The number of thiophene rings is 1. The third-order valence-corrected chi connectivity index (χ3v) is 8.13. The molecule has 0 bridgehead atoms. The molecule has 0 unspecified atom stereocenters. The molecule has 5 rings (SSSR count). The lowest BCUT2D eigenvalue weighted by molar-refractivity contribution is 0.0728. The highest BCUT2D eigenvalue weighted by Gasteiger charge is 2.33. The summed E-state index contributed by atoms with van der Waals surface area (Å²) in [6.07, 6.45) is 2.65. The number of halogens is 1. The van der Waals surface area contributed by atoms with Crippen molar-refractivity contribution >= 4 is 44.1 Å². The molecule has 2 aromatic carbocycles. The van der Waals surface area contributed by atoms with E-state index in [-0.39, 0.29) is 5.91 Å². The van der Waals surface area contributed by atoms with Gasteiger partial charge in [0.15, 0.2) is 11.5 Å². The van der Waals surface area contributed by atoms with E-state index in [1.54, 1.807) is 29.5 Å². The molecule has 1 amide bonds. The lowest BCUT2D eigenvalue weighted by atomic mass is 9.88. The third kappa shape index (κ3) is 4.20. The zero-order valence-electron chi connectivity index (χ0n) is 19.2. The number of rotatable bonds is 4. The Morgan fingerprint density at radius 3 is 2.68 bits per heavy atom. The van der Waals surface area contributed by atoms with Gasteiger partial charge in [-0.05, 0) is 83.4 Å². The van der Waals surface area contributed by atoms with Gasteiger partial charge in [-0.15, -0.1) is 11.3 Å². The van der Waals surface area contributed by atoms with Gasteiger partial charge in [0.2, 0.25) is 0 Å². The Hall–Kier alpha value is -2.84. The van der Waals surface area contributed by atoms with Crippen LogP contribution in [0.25, 0.3) is 0 Å². The van der Waals surface area contributed by atoms with E-state index in [0.29, 0.717) is 27.5 Å². The summed E-state index contributed by atoms with van der Waals surface area (Å²) >= 11 is 5.21. The van der Waals surface area contributed by atoms with Crippen molar-refractivity contribution in [1.82, 2.24) is 5.32 Å². The van der Waals surface area contributed by atoms with Crippen molar-refractivity contribution in [3.05, 3.63) is 73.6 Å². The van der Waals surface area contributed by atoms with E-state index >= 15 is 0 Å². The summed E-state index contributed by atoms with van der Waals surface area (Å²) in [5, 5.41) is 7.48. The van der Waals surface area contributed by atoms with Gasteiger partial charge in [0.1, 0.15) is 11.2 Å². The maximum atomic E-state index is 13.1. The molecule has 0 fully saturated rings. The number of anilines is 1. The number of hydrogen-bond acceptors (Lipinski definition) is 6. The number of esters is 1. The van der Waals surface area contributed by atoms with Crippen molar-refractivity contribution in [3.63, 3.8) is 0 Å². The Morgan fingerprint density at radius 2 is 1.94 bits per heavy atom. The van der Waals surface area contributed by atoms with E-state index < -0.39 is 12.1 Å². The van der Waals surface area contributed by atoms with Crippen LogP contribution in [0.1, 0.15) is 61.8 Å². The largest absolute Gasteiger partial charge is 0.493 e. The second kappa shape index (κ2) is 9.07. The van der Waals surface area contributed by atoms with E-state index in [0.717, 1.165) is 41.0 Å². The normalized spacial score (nSPS) is 18.9. The van der Waals surface area contributed by atoms with E-state index in [9.17, 15) is 9.59 Å². The maximum absolute atomic E-state index is 13.1. The quantitative estimate of drug-likeness (QED) is 0.312. The molecule has 1 aromatic heterocycles. The average Bonchev–Trinajstić information content (AvgIpc) is 3.18. The minimum atomic E-state index is -0.473. The molecule has 1 aliphatic carbocycles. The molecule has 0 spiro atoms. The summed E-state index contributed by atoms with van der Waals surface area (Å²) in [4.78, 5) is 27.0. The van der Waals surface area contributed by atoms with Crippen LogP contribution in [0.3, 0.4) is 0 Å². The predicted octanol–water partition coefficient (Wildman–Crippen LogP) is 6.03. The summed E-state index contributed by atoms with van der Waals surface area (Å²) < 4.78 is 11.8. The smallest absolute Gasteiger partial charge is 0.343 e. The van der Waals surface area contributed by atoms with Gasteiger partial charge in [0.05, 0.1) is 22.7 Å². The Labute approximate surface area is 210 Å². The number of carbonyl (C=O) groups excluding carboxylic acids is 2. The molecule has 6 nitrogen and oxygen atoms in total. The van der Waals surface area contributed by atoms with E-state index in [4.69, 9.17) is 9.47 Å². The first kappa shape index (κ1) is 22.9. The topological polar surface area (TPSA) is 76.7 Å². The van der Waals surface area contributed by atoms with Gasteiger partial charge in [-0.3, -0.25) is 4.79 Å². The molecule has 2 aliphatic rings. The Bertz CT molecular complexity index is 1280. The molecular formula is C26H25BrN2O4S. The fraction of sp³-hybridized carbons (Fsp3) is 0.308. The van der Waals surface area contributed by atoms with Gasteiger partial charge in [-0.1, -0.05) is 24.6 Å². The van der Waals surface area contributed by atoms with Crippen LogP contribution in [0.2, 0.25) is 0 Å². The number of amides is 1. The van der Waals surface area contributed by atoms with Crippen LogP contribution in [0.15, 0.2) is 40.9 Å². The Balaban J connectivity index is 1.42. The molecular weight excluding hydrogens is 516 g/mol. The number of benzene rings is 2. The molecule has 0 radical (unpaired) electrons. The van der Waals surface area contributed by atoms with Crippen molar-refractivity contribution < 1.29 is 19.1 Å². The number of nitrogens with one attached hydrogen (secondary N) is 2. The van der Waals surface area contributed by atoms with E-state index in [1.807, 2.05) is 25.1 Å². The minimum absolute atomic E-state index is 0.0595. The van der Waals surface area contributed by atoms with Gasteiger partial charge < -0.3 is 20.1 Å². The maximum Gasteiger partial charge on any atom is 0.343 e. The highest BCUT2D eigenvalue weighted by Crippen LogP contribution is 2.44. The number of ether oxygens (including phenoxy) is 2. The first-order valence-electron chi connectivity index (χ1n) is 11.2. The first-order valence-corrected chi connectivity index (χ1v) is 12.8. The van der Waals surface area contributed by atoms with Gasteiger partial charge in [0.25, 0.3) is 5.91 Å². The lowest BCUT2D eigenvalue weighted by Gasteiger charge is -2.27. The van der Waals surface area contributed by atoms with E-state index in [2.05, 4.69) is 33.5 Å². The predicted molar refractivity (Wildman–Crippen MR) is 136 cm³/mol. The fourth-order valence-corrected chi connectivity index (χ4v) is 6.45. The van der Waals surface area contributed by atoms with Crippen molar-refractivity contribution in [2.24, 2.45) is 5.92 Å². The van der Waals surface area contributed by atoms with Crippen LogP contribution in [0.4, 0.5) is 5.00 Å². The highest BCUT2D eigenvalue weighted by atomic mass is 79.9. The highest BCUT2D eigenvalue weighted by molar-refractivity contribution is 9.10. The van der Waals surface area contributed by atoms with Crippen LogP contribution >= 0.6 is 27.3 Å². The fourth-order valence-electron chi connectivity index (χ4n) is 4.48. The van der Waals surface area contributed by atoms with Gasteiger partial charge >= 0.3 is 5.97 Å². The summed E-state index contributed by atoms with van der Waals surface area (Å²) in [6.45, 7) is 4.22. The van der Waals surface area contributed by atoms with Gasteiger partial charge in [0, 0.05) is 4.88 Å². The molecule has 34 heavy (non-hydrogen) atoms. The molecule has 2 N–H and O–H groups in total. The summed E-state index contributed by atoms with van der Waals surface area (Å²) in [6, 6.07) is 10.8. The van der Waals surface area contributed by atoms with Crippen LogP contribution < -0.4 is 20.1 Å². The number of methoxy groups -OCH3 is 1. The second-order valence-corrected chi connectivity index (χ2v) is 10.9. The molecule has 2 heterocycles. The Kier molecular flexibility index (Phi) is 6.12. The van der Waals surface area contributed by atoms with Crippen LogP contribution in [0.5, 0.6) is 11.5 Å². The van der Waals surface area contributed by atoms with Gasteiger partial charge in [-0.25, -0.2) is 4.79 Å². The van der Waals surface area contributed by atoms with Crippen LogP contribution in [0, 0.1) is 12.8 Å². The SMILES string of the molecule is COc1cc([C@@H]2NC(=O)c3c(sc4c3CC[C@@H](C)C4)N2)cc(Br)c1OC(=O)c1ccc(C)cc1. The van der Waals surface area contributed by atoms with Crippen LogP contribution in [-0.2, 0) is 12.8 Å². The molecule has 8 heteroatoms. The Morgan fingerprint density at radius 1 is 1.18 bits per heavy atom. The van der Waals surface area contributed by atoms with Crippen molar-refractivity contribution in [2.45, 2.75) is 39.3 Å². The summed E-state index contributed by atoms with van der Waals surface area (Å²) in [7, 11) is 1.52. The summed E-state index contributed by atoms with van der Waals surface area (Å²) in [5.74, 6) is 0.794. The van der Waals surface area contributed by atoms with Crippen LogP contribution in [-0.4, -0.2) is 19.0 Å². The van der Waals surface area contributed by atoms with Crippen molar-refractivity contribution in [3.8, 4) is 11.5 Å². The zero-order valence-corrected chi connectivity index (χ0v) is 21.6. The zero-order chi connectivity index (χ0) is 24.0. The minimum Gasteiger partial charge on any atom is -0.493 e. The molecule has 3 aromatic rings. The molecule has 2 atom stereocenters. The number of fused-ring (bicyclic) bond motifs is 3. The van der Waals surface area contributed by atoms with Crippen molar-refractivity contribution in [1.29, 1.82) is 0 Å². The first-order chi connectivity index (χ1) is 16.3. The summed E-state index contributed by atoms with van der Waals surface area (Å²) in [5.41, 5.74) is 4.29. The molecule has 0 saturated carbocycles. The molecule has 0 saturated heterocycles. The standard InChI is InChI=1S/C26H25BrN2O4S/c1-13-4-7-15(8-5-13)26(31)33-22-18(27)11-16(12-19(22)32-3)23-28-24(30)21-17-9-6-14(2)10-20(17)34-25(21)29-23/h4-5,7-8,11-12,14,23,29H,6,9-10H2,1-3H3,(H,28,30)/t14-,23-/m1/s1. The number of carbonyl (C=O) groups is 2. The average molecular weight is 541 g/mol. The number of hydrogen-bond donors (Lipinski definition) is 2. The second-order valence-electron chi connectivity index (χ2n) is 8.90. The van der Waals surface area contributed by atoms with Crippen molar-refractivity contribution in [2.75, 3.05) is 12.4 Å². The molecule has 176 valence electrons.